The first kappa shape index (κ1) is 19.6. The molecule has 0 saturated carbocycles. The first-order chi connectivity index (χ1) is 13.7. The van der Waals surface area contributed by atoms with Crippen molar-refractivity contribution in [2.45, 2.75) is 13.0 Å². The van der Waals surface area contributed by atoms with E-state index in [4.69, 9.17) is 9.47 Å². The maximum Gasteiger partial charge on any atom is 0.252 e. The molecule has 2 aromatic heterocycles. The maximum atomic E-state index is 12.3. The van der Waals surface area contributed by atoms with Gasteiger partial charge < -0.3 is 20.1 Å². The number of carbonyl (C=O) groups is 1. The second-order valence-electron chi connectivity index (χ2n) is 6.33. The minimum Gasteiger partial charge on any atom is -0.497 e. The molecule has 8 heteroatoms. The summed E-state index contributed by atoms with van der Waals surface area (Å²) in [4.78, 5) is 16.7. The normalized spacial score (nSPS) is 10.8. The molecular formula is C20H25N5O3. The molecule has 0 aliphatic rings. The van der Waals surface area contributed by atoms with E-state index in [1.54, 1.807) is 31.3 Å². The van der Waals surface area contributed by atoms with Gasteiger partial charge in [-0.2, -0.15) is 5.10 Å². The van der Waals surface area contributed by atoms with Gasteiger partial charge in [0.1, 0.15) is 11.5 Å². The Bertz CT molecular complexity index is 954. The van der Waals surface area contributed by atoms with Gasteiger partial charge in [0.15, 0.2) is 5.65 Å². The van der Waals surface area contributed by atoms with Gasteiger partial charge in [-0.05, 0) is 38.2 Å². The van der Waals surface area contributed by atoms with Crippen molar-refractivity contribution in [2.75, 3.05) is 34.4 Å². The van der Waals surface area contributed by atoms with Gasteiger partial charge in [0, 0.05) is 29.8 Å². The Labute approximate surface area is 163 Å². The van der Waals surface area contributed by atoms with Gasteiger partial charge in [0.25, 0.3) is 5.91 Å². The Morgan fingerprint density at radius 1 is 1.14 bits per heavy atom. The number of hydrogen-bond acceptors (Lipinski definition) is 6. The van der Waals surface area contributed by atoms with Crippen LogP contribution in [0.15, 0.2) is 36.7 Å². The SMILES string of the molecule is CNCCCNC(=O)c1cnc2c(cnn2Cc2ccc(OC)cc2OC)c1. The highest BCUT2D eigenvalue weighted by atomic mass is 16.5. The molecule has 2 N–H and O–H groups in total. The van der Waals surface area contributed by atoms with Crippen LogP contribution in [0.5, 0.6) is 11.5 Å². The van der Waals surface area contributed by atoms with Gasteiger partial charge in [-0.3, -0.25) is 4.79 Å². The molecule has 2 heterocycles. The molecule has 0 aliphatic heterocycles. The number of nitrogens with zero attached hydrogens (tertiary/aromatic N) is 3. The van der Waals surface area contributed by atoms with Crippen molar-refractivity contribution >= 4 is 16.9 Å². The molecule has 1 amide bonds. The first-order valence-electron chi connectivity index (χ1n) is 9.11. The lowest BCUT2D eigenvalue weighted by Gasteiger charge is -2.11. The number of carbonyl (C=O) groups excluding carboxylic acids is 1. The molecule has 8 nitrogen and oxygen atoms in total. The predicted molar refractivity (Wildman–Crippen MR) is 107 cm³/mol. The van der Waals surface area contributed by atoms with Gasteiger partial charge >= 0.3 is 0 Å². The zero-order chi connectivity index (χ0) is 19.9. The molecule has 0 radical (unpaired) electrons. The number of amides is 1. The van der Waals surface area contributed by atoms with Crippen molar-refractivity contribution < 1.29 is 14.3 Å². The van der Waals surface area contributed by atoms with Crippen molar-refractivity contribution in [3.8, 4) is 11.5 Å². The molecule has 3 rings (SSSR count). The van der Waals surface area contributed by atoms with E-state index < -0.39 is 0 Å². The zero-order valence-corrected chi connectivity index (χ0v) is 16.4. The largest absolute Gasteiger partial charge is 0.497 e. The van der Waals surface area contributed by atoms with Gasteiger partial charge in [-0.1, -0.05) is 0 Å². The monoisotopic (exact) mass is 383 g/mol. The summed E-state index contributed by atoms with van der Waals surface area (Å²) in [5.41, 5.74) is 2.20. The van der Waals surface area contributed by atoms with E-state index in [1.807, 2.05) is 31.3 Å². The third-order valence-electron chi connectivity index (χ3n) is 4.44. The number of nitrogens with one attached hydrogen (secondary N) is 2. The summed E-state index contributed by atoms with van der Waals surface area (Å²) in [6, 6.07) is 7.47. The number of benzene rings is 1. The van der Waals surface area contributed by atoms with Crippen LogP contribution in [-0.4, -0.2) is 55.0 Å². The highest BCUT2D eigenvalue weighted by Gasteiger charge is 2.12. The van der Waals surface area contributed by atoms with E-state index in [0.29, 0.717) is 24.3 Å². The molecule has 0 spiro atoms. The number of fused-ring (bicyclic) bond motifs is 1. The Morgan fingerprint density at radius 3 is 2.75 bits per heavy atom. The summed E-state index contributed by atoms with van der Waals surface area (Å²) in [5.74, 6) is 1.32. The van der Waals surface area contributed by atoms with Crippen LogP contribution in [0.3, 0.4) is 0 Å². The summed E-state index contributed by atoms with van der Waals surface area (Å²) in [7, 11) is 5.13. The van der Waals surface area contributed by atoms with E-state index in [-0.39, 0.29) is 5.91 Å². The number of rotatable bonds is 9. The fourth-order valence-electron chi connectivity index (χ4n) is 2.92. The summed E-state index contributed by atoms with van der Waals surface area (Å²) in [6.07, 6.45) is 4.18. The number of ether oxygens (including phenoxy) is 2. The lowest BCUT2D eigenvalue weighted by atomic mass is 10.2. The van der Waals surface area contributed by atoms with Crippen LogP contribution in [0.25, 0.3) is 11.0 Å². The van der Waals surface area contributed by atoms with Crippen LogP contribution in [0.1, 0.15) is 22.3 Å². The second kappa shape index (κ2) is 9.18. The van der Waals surface area contributed by atoms with E-state index in [0.717, 1.165) is 35.4 Å². The molecule has 3 aromatic rings. The van der Waals surface area contributed by atoms with Crippen molar-refractivity contribution in [1.82, 2.24) is 25.4 Å². The molecule has 148 valence electrons. The molecule has 0 unspecified atom stereocenters. The van der Waals surface area contributed by atoms with Gasteiger partial charge in [0.05, 0.1) is 32.5 Å². The van der Waals surface area contributed by atoms with Crippen molar-refractivity contribution in [1.29, 1.82) is 0 Å². The smallest absolute Gasteiger partial charge is 0.252 e. The summed E-state index contributed by atoms with van der Waals surface area (Å²) >= 11 is 0. The van der Waals surface area contributed by atoms with Crippen LogP contribution in [0.4, 0.5) is 0 Å². The van der Waals surface area contributed by atoms with Gasteiger partial charge in [-0.25, -0.2) is 9.67 Å². The zero-order valence-electron chi connectivity index (χ0n) is 16.4. The molecule has 28 heavy (non-hydrogen) atoms. The Morgan fingerprint density at radius 2 is 2.00 bits per heavy atom. The fourth-order valence-corrected chi connectivity index (χ4v) is 2.92. The second-order valence-corrected chi connectivity index (χ2v) is 6.33. The standard InChI is InChI=1S/C20H25N5O3/c1-21-7-4-8-22-20(26)16-9-15-12-24-25(19(15)23-11-16)13-14-5-6-17(27-2)10-18(14)28-3/h5-6,9-12,21H,4,7-8,13H2,1-3H3,(H,22,26). The average molecular weight is 383 g/mol. The van der Waals surface area contributed by atoms with E-state index in [1.165, 1.54) is 0 Å². The van der Waals surface area contributed by atoms with E-state index in [9.17, 15) is 4.79 Å². The molecule has 0 atom stereocenters. The third kappa shape index (κ3) is 4.40. The number of methoxy groups -OCH3 is 2. The highest BCUT2D eigenvalue weighted by Crippen LogP contribution is 2.26. The molecular weight excluding hydrogens is 358 g/mol. The molecule has 0 bridgehead atoms. The van der Waals surface area contributed by atoms with Crippen LogP contribution in [0, 0.1) is 0 Å². The van der Waals surface area contributed by atoms with Crippen molar-refractivity contribution in [3.63, 3.8) is 0 Å². The Kier molecular flexibility index (Phi) is 6.44. The summed E-state index contributed by atoms with van der Waals surface area (Å²) in [6.45, 7) is 1.98. The van der Waals surface area contributed by atoms with Crippen molar-refractivity contribution in [2.24, 2.45) is 0 Å². The highest BCUT2D eigenvalue weighted by molar-refractivity contribution is 5.96. The lowest BCUT2D eigenvalue weighted by Crippen LogP contribution is -2.26. The third-order valence-corrected chi connectivity index (χ3v) is 4.44. The minimum atomic E-state index is -0.130. The van der Waals surface area contributed by atoms with E-state index in [2.05, 4.69) is 20.7 Å². The number of aromatic nitrogens is 3. The van der Waals surface area contributed by atoms with Crippen molar-refractivity contribution in [3.05, 3.63) is 47.8 Å². The van der Waals surface area contributed by atoms with Crippen LogP contribution < -0.4 is 20.1 Å². The first-order valence-corrected chi connectivity index (χ1v) is 9.11. The lowest BCUT2D eigenvalue weighted by molar-refractivity contribution is 0.0953. The number of hydrogen-bond donors (Lipinski definition) is 2. The fraction of sp³-hybridized carbons (Fsp3) is 0.350. The molecule has 0 saturated heterocycles. The van der Waals surface area contributed by atoms with Crippen LogP contribution in [-0.2, 0) is 6.54 Å². The van der Waals surface area contributed by atoms with E-state index >= 15 is 0 Å². The Balaban J connectivity index is 1.77. The summed E-state index contributed by atoms with van der Waals surface area (Å²) < 4.78 is 12.5. The quantitative estimate of drug-likeness (QED) is 0.548. The minimum absolute atomic E-state index is 0.130. The molecule has 0 aliphatic carbocycles. The van der Waals surface area contributed by atoms with Gasteiger partial charge in [0.2, 0.25) is 0 Å². The molecule has 0 fully saturated rings. The number of pyridine rings is 1. The maximum absolute atomic E-state index is 12.3. The van der Waals surface area contributed by atoms with Crippen LogP contribution >= 0.6 is 0 Å². The van der Waals surface area contributed by atoms with Crippen LogP contribution in [0.2, 0.25) is 0 Å². The Hall–Kier alpha value is -3.13. The van der Waals surface area contributed by atoms with Gasteiger partial charge in [-0.15, -0.1) is 0 Å². The average Bonchev–Trinajstić information content (AvgIpc) is 3.13. The topological polar surface area (TPSA) is 90.3 Å². The molecule has 1 aromatic carbocycles. The predicted octanol–water partition coefficient (Wildman–Crippen LogP) is 1.84. The summed E-state index contributed by atoms with van der Waals surface area (Å²) in [5, 5.41) is 11.2.